The normalized spacial score (nSPS) is 16.0. The zero-order valence-electron chi connectivity index (χ0n) is 12.1. The zero-order valence-corrected chi connectivity index (χ0v) is 12.9. The van der Waals surface area contributed by atoms with E-state index in [1.54, 1.807) is 4.88 Å². The molecular formula is C16H21N3S. The Morgan fingerprint density at radius 2 is 2.35 bits per heavy atom. The van der Waals surface area contributed by atoms with Crippen molar-refractivity contribution in [3.05, 3.63) is 45.8 Å². The van der Waals surface area contributed by atoms with Gasteiger partial charge in [0.05, 0.1) is 0 Å². The van der Waals surface area contributed by atoms with Crippen molar-refractivity contribution in [3.8, 4) is 0 Å². The van der Waals surface area contributed by atoms with Crippen LogP contribution in [0.15, 0.2) is 29.8 Å². The fourth-order valence-electron chi connectivity index (χ4n) is 2.74. The molecule has 0 spiro atoms. The summed E-state index contributed by atoms with van der Waals surface area (Å²) in [4.78, 5) is 8.49. The Bertz CT molecular complexity index is 579. The van der Waals surface area contributed by atoms with E-state index in [0.29, 0.717) is 6.04 Å². The number of nitrogens with one attached hydrogen (secondary N) is 1. The van der Waals surface area contributed by atoms with Crippen LogP contribution in [0.5, 0.6) is 0 Å². The Labute approximate surface area is 124 Å². The lowest BCUT2D eigenvalue weighted by atomic mass is 10.1. The van der Waals surface area contributed by atoms with Crippen LogP contribution in [0.1, 0.15) is 35.9 Å². The molecular weight excluding hydrogens is 266 g/mol. The minimum atomic E-state index is 0.378. The van der Waals surface area contributed by atoms with Crippen LogP contribution in [0, 0.1) is 0 Å². The van der Waals surface area contributed by atoms with E-state index in [1.807, 2.05) is 17.5 Å². The van der Waals surface area contributed by atoms with Gasteiger partial charge in [-0.2, -0.15) is 0 Å². The van der Waals surface area contributed by atoms with Crippen molar-refractivity contribution in [2.45, 2.75) is 32.9 Å². The van der Waals surface area contributed by atoms with Crippen LogP contribution in [-0.4, -0.2) is 18.1 Å². The van der Waals surface area contributed by atoms with Gasteiger partial charge in [-0.15, -0.1) is 11.3 Å². The molecule has 3 nitrogen and oxygen atoms in total. The molecule has 0 saturated heterocycles. The van der Waals surface area contributed by atoms with E-state index in [9.17, 15) is 0 Å². The molecule has 1 aliphatic heterocycles. The summed E-state index contributed by atoms with van der Waals surface area (Å²) in [6, 6.07) is 6.96. The van der Waals surface area contributed by atoms with Crippen molar-refractivity contribution in [2.75, 3.05) is 18.0 Å². The van der Waals surface area contributed by atoms with Gasteiger partial charge in [-0.25, -0.2) is 4.98 Å². The van der Waals surface area contributed by atoms with E-state index in [0.717, 1.165) is 31.9 Å². The third-order valence-electron chi connectivity index (χ3n) is 3.91. The third-order valence-corrected chi connectivity index (χ3v) is 4.93. The average Bonchev–Trinajstić information content (AvgIpc) is 2.95. The summed E-state index contributed by atoms with van der Waals surface area (Å²) in [6.07, 6.45) is 3.07. The van der Waals surface area contributed by atoms with E-state index >= 15 is 0 Å². The van der Waals surface area contributed by atoms with Crippen LogP contribution in [-0.2, 0) is 13.0 Å². The Balaban J connectivity index is 1.79. The quantitative estimate of drug-likeness (QED) is 0.934. The molecule has 0 fully saturated rings. The first-order valence-electron chi connectivity index (χ1n) is 7.27. The largest absolute Gasteiger partial charge is 0.352 e. The summed E-state index contributed by atoms with van der Waals surface area (Å²) in [5.74, 6) is 1.10. The standard InChI is InChI=1S/C16H21N3S/c1-3-17-12(2)13-4-7-18-16(10-13)19-8-5-15-14(11-19)6-9-20-15/h4,6-7,9-10,12,17H,3,5,8,11H2,1-2H3. The van der Waals surface area contributed by atoms with Crippen molar-refractivity contribution in [1.82, 2.24) is 10.3 Å². The van der Waals surface area contributed by atoms with Gasteiger partial charge in [-0.05, 0) is 54.6 Å². The van der Waals surface area contributed by atoms with Gasteiger partial charge in [-0.3, -0.25) is 0 Å². The van der Waals surface area contributed by atoms with Crippen LogP contribution >= 0.6 is 11.3 Å². The minimum absolute atomic E-state index is 0.378. The molecule has 1 aliphatic rings. The average molecular weight is 287 g/mol. The number of rotatable bonds is 4. The van der Waals surface area contributed by atoms with Gasteiger partial charge in [0.2, 0.25) is 0 Å². The van der Waals surface area contributed by atoms with Crippen LogP contribution < -0.4 is 10.2 Å². The Kier molecular flexibility index (Phi) is 4.03. The van der Waals surface area contributed by atoms with E-state index < -0.39 is 0 Å². The Morgan fingerprint density at radius 3 is 3.20 bits per heavy atom. The van der Waals surface area contributed by atoms with Crippen molar-refractivity contribution in [1.29, 1.82) is 0 Å². The molecule has 106 valence electrons. The first kappa shape index (κ1) is 13.6. The van der Waals surface area contributed by atoms with E-state index in [-0.39, 0.29) is 0 Å². The molecule has 3 heterocycles. The van der Waals surface area contributed by atoms with Crippen LogP contribution in [0.3, 0.4) is 0 Å². The van der Waals surface area contributed by atoms with Gasteiger partial charge in [0, 0.05) is 30.2 Å². The summed E-state index contributed by atoms with van der Waals surface area (Å²) in [5.41, 5.74) is 2.78. The second-order valence-electron chi connectivity index (χ2n) is 5.27. The molecule has 2 aromatic rings. The lowest BCUT2D eigenvalue weighted by molar-refractivity contribution is 0.596. The maximum atomic E-state index is 4.56. The summed E-state index contributed by atoms with van der Waals surface area (Å²) in [7, 11) is 0. The highest BCUT2D eigenvalue weighted by Crippen LogP contribution is 2.27. The number of thiophene rings is 1. The van der Waals surface area contributed by atoms with E-state index in [1.165, 1.54) is 11.1 Å². The number of anilines is 1. The molecule has 0 bridgehead atoms. The minimum Gasteiger partial charge on any atom is -0.352 e. The molecule has 3 rings (SSSR count). The van der Waals surface area contributed by atoms with Crippen molar-refractivity contribution in [3.63, 3.8) is 0 Å². The molecule has 0 saturated carbocycles. The number of nitrogens with zero attached hydrogens (tertiary/aromatic N) is 2. The van der Waals surface area contributed by atoms with Crippen molar-refractivity contribution in [2.24, 2.45) is 0 Å². The Hall–Kier alpha value is -1.39. The van der Waals surface area contributed by atoms with Crippen molar-refractivity contribution < 1.29 is 0 Å². The molecule has 20 heavy (non-hydrogen) atoms. The third kappa shape index (κ3) is 2.72. The zero-order chi connectivity index (χ0) is 13.9. The summed E-state index contributed by atoms with van der Waals surface area (Å²) in [5, 5.41) is 5.66. The maximum Gasteiger partial charge on any atom is 0.129 e. The van der Waals surface area contributed by atoms with Crippen LogP contribution in [0.4, 0.5) is 5.82 Å². The molecule has 1 atom stereocenters. The first-order chi connectivity index (χ1) is 9.78. The molecule has 2 aromatic heterocycles. The molecule has 0 aliphatic carbocycles. The number of aromatic nitrogens is 1. The van der Waals surface area contributed by atoms with Gasteiger partial charge in [0.1, 0.15) is 5.82 Å². The van der Waals surface area contributed by atoms with Gasteiger partial charge in [0.15, 0.2) is 0 Å². The van der Waals surface area contributed by atoms with Crippen LogP contribution in [0.2, 0.25) is 0 Å². The number of fused-ring (bicyclic) bond motifs is 1. The smallest absolute Gasteiger partial charge is 0.129 e. The Morgan fingerprint density at radius 1 is 1.45 bits per heavy atom. The highest BCUT2D eigenvalue weighted by Gasteiger charge is 2.18. The predicted molar refractivity (Wildman–Crippen MR) is 85.4 cm³/mol. The fraction of sp³-hybridized carbons (Fsp3) is 0.438. The van der Waals surface area contributed by atoms with Gasteiger partial charge >= 0.3 is 0 Å². The SMILES string of the molecule is CCNC(C)c1ccnc(N2CCc3sccc3C2)c1. The lowest BCUT2D eigenvalue weighted by Crippen LogP contribution is -2.30. The summed E-state index contributed by atoms with van der Waals surface area (Å²) in [6.45, 7) is 7.39. The maximum absolute atomic E-state index is 4.56. The molecule has 4 heteroatoms. The van der Waals surface area contributed by atoms with Crippen molar-refractivity contribution >= 4 is 17.2 Å². The number of pyridine rings is 1. The molecule has 0 amide bonds. The highest BCUT2D eigenvalue weighted by atomic mass is 32.1. The molecule has 0 aromatic carbocycles. The van der Waals surface area contributed by atoms with Gasteiger partial charge < -0.3 is 10.2 Å². The van der Waals surface area contributed by atoms with Crippen LogP contribution in [0.25, 0.3) is 0 Å². The van der Waals surface area contributed by atoms with E-state index in [4.69, 9.17) is 0 Å². The number of hydrogen-bond acceptors (Lipinski definition) is 4. The molecule has 1 unspecified atom stereocenters. The summed E-state index contributed by atoms with van der Waals surface area (Å²) < 4.78 is 0. The second kappa shape index (κ2) is 5.94. The molecule has 0 radical (unpaired) electrons. The second-order valence-corrected chi connectivity index (χ2v) is 6.27. The number of hydrogen-bond donors (Lipinski definition) is 1. The van der Waals surface area contributed by atoms with E-state index in [2.05, 4.69) is 52.6 Å². The fourth-order valence-corrected chi connectivity index (χ4v) is 3.63. The van der Waals surface area contributed by atoms with Gasteiger partial charge in [0.25, 0.3) is 0 Å². The monoisotopic (exact) mass is 287 g/mol. The first-order valence-corrected chi connectivity index (χ1v) is 8.15. The topological polar surface area (TPSA) is 28.2 Å². The predicted octanol–water partition coefficient (Wildman–Crippen LogP) is 3.38. The van der Waals surface area contributed by atoms with Gasteiger partial charge in [-0.1, -0.05) is 6.92 Å². The summed E-state index contributed by atoms with van der Waals surface area (Å²) >= 11 is 1.88. The molecule has 1 N–H and O–H groups in total. The highest BCUT2D eigenvalue weighted by molar-refractivity contribution is 7.10. The lowest BCUT2D eigenvalue weighted by Gasteiger charge is -2.28.